The highest BCUT2D eigenvalue weighted by Gasteiger charge is 1.97. The molecule has 14 heavy (non-hydrogen) atoms. The second-order valence-corrected chi connectivity index (χ2v) is 3.13. The van der Waals surface area contributed by atoms with Crippen LogP contribution in [0, 0.1) is 0 Å². The van der Waals surface area contributed by atoms with Gasteiger partial charge in [-0.25, -0.2) is 0 Å². The molecule has 0 aliphatic heterocycles. The lowest BCUT2D eigenvalue weighted by atomic mass is 10.5. The van der Waals surface area contributed by atoms with Crippen LogP contribution in [0.5, 0.6) is 0 Å². The molecule has 0 bridgehead atoms. The third-order valence-electron chi connectivity index (χ3n) is 1.77. The topological polar surface area (TPSA) is 49.9 Å². The van der Waals surface area contributed by atoms with Gasteiger partial charge < -0.3 is 14.4 Å². The highest BCUT2D eigenvalue weighted by molar-refractivity contribution is 5.51. The summed E-state index contributed by atoms with van der Waals surface area (Å²) in [6.45, 7) is 2.86. The number of rotatable bonds is 9. The standard InChI is InChI=1S/C9H18N2O3/c1-10(3-6-12)4-7-14-8-5-11(2)9-13/h6,9H,3-5,7-8H2,1-2H3. The van der Waals surface area contributed by atoms with Crippen LogP contribution in [0.4, 0.5) is 0 Å². The minimum atomic E-state index is 0.428. The van der Waals surface area contributed by atoms with Crippen molar-refractivity contribution in [2.75, 3.05) is 46.9 Å². The van der Waals surface area contributed by atoms with Crippen molar-refractivity contribution >= 4 is 12.7 Å². The van der Waals surface area contributed by atoms with Crippen molar-refractivity contribution in [3.8, 4) is 0 Å². The molecule has 0 aromatic carbocycles. The first-order chi connectivity index (χ1) is 6.70. The van der Waals surface area contributed by atoms with Crippen LogP contribution < -0.4 is 0 Å². The van der Waals surface area contributed by atoms with Gasteiger partial charge >= 0.3 is 0 Å². The number of hydrogen-bond acceptors (Lipinski definition) is 4. The SMILES string of the molecule is CN(C=O)CCOCCN(C)CC=O. The van der Waals surface area contributed by atoms with E-state index in [0.29, 0.717) is 26.3 Å². The van der Waals surface area contributed by atoms with Crippen LogP contribution in [-0.4, -0.2) is 69.4 Å². The van der Waals surface area contributed by atoms with Crippen LogP contribution in [-0.2, 0) is 14.3 Å². The minimum absolute atomic E-state index is 0.428. The molecule has 0 aliphatic carbocycles. The zero-order valence-electron chi connectivity index (χ0n) is 8.81. The quantitative estimate of drug-likeness (QED) is 0.363. The summed E-state index contributed by atoms with van der Waals surface area (Å²) in [5.74, 6) is 0. The summed E-state index contributed by atoms with van der Waals surface area (Å²) in [5.41, 5.74) is 0. The summed E-state index contributed by atoms with van der Waals surface area (Å²) in [4.78, 5) is 23.7. The molecule has 0 atom stereocenters. The Morgan fingerprint density at radius 3 is 2.36 bits per heavy atom. The van der Waals surface area contributed by atoms with Crippen molar-refractivity contribution in [1.29, 1.82) is 0 Å². The fraction of sp³-hybridized carbons (Fsp3) is 0.778. The third kappa shape index (κ3) is 7.70. The van der Waals surface area contributed by atoms with Gasteiger partial charge in [0, 0.05) is 20.1 Å². The van der Waals surface area contributed by atoms with Crippen LogP contribution in [0.25, 0.3) is 0 Å². The molecule has 0 rings (SSSR count). The average molecular weight is 202 g/mol. The first kappa shape index (κ1) is 13.1. The Balaban J connectivity index is 3.20. The van der Waals surface area contributed by atoms with Gasteiger partial charge in [0.2, 0.25) is 6.41 Å². The summed E-state index contributed by atoms with van der Waals surface area (Å²) < 4.78 is 5.26. The van der Waals surface area contributed by atoms with Crippen LogP contribution in [0.1, 0.15) is 0 Å². The van der Waals surface area contributed by atoms with E-state index < -0.39 is 0 Å². The average Bonchev–Trinajstić information content (AvgIpc) is 2.17. The van der Waals surface area contributed by atoms with Gasteiger partial charge in [-0.05, 0) is 7.05 Å². The smallest absolute Gasteiger partial charge is 0.209 e. The molecule has 0 N–H and O–H groups in total. The molecule has 82 valence electrons. The van der Waals surface area contributed by atoms with Gasteiger partial charge in [-0.3, -0.25) is 9.69 Å². The normalized spacial score (nSPS) is 10.2. The van der Waals surface area contributed by atoms with Crippen LogP contribution in [0.3, 0.4) is 0 Å². The second kappa shape index (κ2) is 8.65. The number of hydrogen-bond donors (Lipinski definition) is 0. The molecule has 5 nitrogen and oxygen atoms in total. The van der Waals surface area contributed by atoms with Crippen molar-refractivity contribution in [2.45, 2.75) is 0 Å². The van der Waals surface area contributed by atoms with Gasteiger partial charge in [0.05, 0.1) is 19.8 Å². The van der Waals surface area contributed by atoms with Crippen molar-refractivity contribution in [1.82, 2.24) is 9.80 Å². The van der Waals surface area contributed by atoms with Gasteiger partial charge in [0.15, 0.2) is 0 Å². The lowest BCUT2D eigenvalue weighted by Gasteiger charge is -2.14. The molecule has 0 aliphatic rings. The summed E-state index contributed by atoms with van der Waals surface area (Å²) >= 11 is 0. The Kier molecular flexibility index (Phi) is 8.07. The van der Waals surface area contributed by atoms with E-state index in [9.17, 15) is 9.59 Å². The van der Waals surface area contributed by atoms with Gasteiger partial charge in [-0.15, -0.1) is 0 Å². The Hall–Kier alpha value is -0.940. The second-order valence-electron chi connectivity index (χ2n) is 3.13. The zero-order chi connectivity index (χ0) is 10.8. The molecule has 0 saturated heterocycles. The predicted octanol–water partition coefficient (Wildman–Crippen LogP) is -0.778. The molecule has 0 aromatic rings. The summed E-state index contributed by atoms with van der Waals surface area (Å²) in [7, 11) is 3.56. The molecule has 0 spiro atoms. The maximum absolute atomic E-state index is 10.2. The Bertz CT molecular complexity index is 164. The summed E-state index contributed by atoms with van der Waals surface area (Å²) in [6, 6.07) is 0. The van der Waals surface area contributed by atoms with E-state index >= 15 is 0 Å². The number of aldehydes is 1. The Morgan fingerprint density at radius 2 is 1.79 bits per heavy atom. The highest BCUT2D eigenvalue weighted by atomic mass is 16.5. The molecule has 5 heteroatoms. The first-order valence-corrected chi connectivity index (χ1v) is 4.56. The highest BCUT2D eigenvalue weighted by Crippen LogP contribution is 1.83. The molecule has 0 heterocycles. The van der Waals surface area contributed by atoms with E-state index in [1.54, 1.807) is 7.05 Å². The maximum atomic E-state index is 10.2. The predicted molar refractivity (Wildman–Crippen MR) is 53.1 cm³/mol. The van der Waals surface area contributed by atoms with Crippen molar-refractivity contribution in [2.24, 2.45) is 0 Å². The van der Waals surface area contributed by atoms with Crippen LogP contribution in [0.2, 0.25) is 0 Å². The van der Waals surface area contributed by atoms with Crippen molar-refractivity contribution in [3.05, 3.63) is 0 Å². The molecule has 0 radical (unpaired) electrons. The fourth-order valence-electron chi connectivity index (χ4n) is 0.802. The van der Waals surface area contributed by atoms with Crippen LogP contribution in [0.15, 0.2) is 0 Å². The molecule has 0 saturated carbocycles. The molecule has 0 aromatic heterocycles. The first-order valence-electron chi connectivity index (χ1n) is 4.56. The lowest BCUT2D eigenvalue weighted by molar-refractivity contribution is -0.117. The van der Waals surface area contributed by atoms with E-state index in [-0.39, 0.29) is 0 Å². The Labute approximate surface area is 84.6 Å². The molecular formula is C9H18N2O3. The van der Waals surface area contributed by atoms with E-state index in [2.05, 4.69) is 0 Å². The maximum Gasteiger partial charge on any atom is 0.209 e. The number of amides is 1. The number of carbonyl (C=O) groups is 2. The van der Waals surface area contributed by atoms with Gasteiger partial charge in [0.25, 0.3) is 0 Å². The van der Waals surface area contributed by atoms with E-state index in [1.807, 2.05) is 11.9 Å². The number of likely N-dealkylation sites (N-methyl/N-ethyl adjacent to an activating group) is 2. The van der Waals surface area contributed by atoms with E-state index in [0.717, 1.165) is 19.2 Å². The largest absolute Gasteiger partial charge is 0.378 e. The van der Waals surface area contributed by atoms with E-state index in [1.165, 1.54) is 4.90 Å². The minimum Gasteiger partial charge on any atom is -0.378 e. The third-order valence-corrected chi connectivity index (χ3v) is 1.77. The number of carbonyl (C=O) groups excluding carboxylic acids is 2. The molecular weight excluding hydrogens is 184 g/mol. The van der Waals surface area contributed by atoms with Crippen LogP contribution >= 0.6 is 0 Å². The van der Waals surface area contributed by atoms with Crippen molar-refractivity contribution < 1.29 is 14.3 Å². The van der Waals surface area contributed by atoms with Gasteiger partial charge in [0.1, 0.15) is 6.29 Å². The Morgan fingerprint density at radius 1 is 1.14 bits per heavy atom. The summed E-state index contributed by atoms with van der Waals surface area (Å²) in [6.07, 6.45) is 1.63. The number of ether oxygens (including phenoxy) is 1. The summed E-state index contributed by atoms with van der Waals surface area (Å²) in [5, 5.41) is 0. The van der Waals surface area contributed by atoms with Gasteiger partial charge in [-0.2, -0.15) is 0 Å². The van der Waals surface area contributed by atoms with E-state index in [4.69, 9.17) is 4.74 Å². The monoisotopic (exact) mass is 202 g/mol. The lowest BCUT2D eigenvalue weighted by Crippen LogP contribution is -2.27. The number of nitrogens with zero attached hydrogens (tertiary/aromatic N) is 2. The fourth-order valence-corrected chi connectivity index (χ4v) is 0.802. The van der Waals surface area contributed by atoms with Crippen molar-refractivity contribution in [3.63, 3.8) is 0 Å². The zero-order valence-corrected chi connectivity index (χ0v) is 8.81. The van der Waals surface area contributed by atoms with Gasteiger partial charge in [-0.1, -0.05) is 0 Å². The molecule has 1 amide bonds. The molecule has 0 fully saturated rings. The molecule has 0 unspecified atom stereocenters.